The molecule has 2 rings (SSSR count). The van der Waals surface area contributed by atoms with Crippen molar-refractivity contribution in [1.29, 1.82) is 0 Å². The third kappa shape index (κ3) is 2.99. The SMILES string of the molecule is CCC1CN(C(=O)c2cccc(C(=O)O)c2)CCN1C. The number of benzene rings is 1. The molecule has 1 amide bonds. The van der Waals surface area contributed by atoms with E-state index in [1.54, 1.807) is 12.1 Å². The Bertz CT molecular complexity index is 516. The molecule has 0 spiro atoms. The molecule has 1 aliphatic rings. The molecular weight excluding hydrogens is 256 g/mol. The Labute approximate surface area is 118 Å². The summed E-state index contributed by atoms with van der Waals surface area (Å²) in [7, 11) is 2.07. The van der Waals surface area contributed by atoms with Gasteiger partial charge < -0.3 is 10.0 Å². The molecule has 1 aliphatic heterocycles. The second kappa shape index (κ2) is 6.05. The average molecular weight is 276 g/mol. The van der Waals surface area contributed by atoms with Crippen molar-refractivity contribution in [2.75, 3.05) is 26.7 Å². The summed E-state index contributed by atoms with van der Waals surface area (Å²) in [6.07, 6.45) is 0.995. The van der Waals surface area contributed by atoms with E-state index < -0.39 is 5.97 Å². The Morgan fingerprint density at radius 1 is 1.30 bits per heavy atom. The Balaban J connectivity index is 2.15. The molecule has 1 atom stereocenters. The first-order chi connectivity index (χ1) is 9.52. The van der Waals surface area contributed by atoms with Crippen LogP contribution in [0.3, 0.4) is 0 Å². The summed E-state index contributed by atoms with van der Waals surface area (Å²) in [5, 5.41) is 8.98. The minimum absolute atomic E-state index is 0.0837. The zero-order chi connectivity index (χ0) is 14.7. The molecule has 0 aliphatic carbocycles. The predicted octanol–water partition coefficient (Wildman–Crippen LogP) is 1.55. The molecule has 20 heavy (non-hydrogen) atoms. The van der Waals surface area contributed by atoms with Crippen LogP contribution in [0.25, 0.3) is 0 Å². The van der Waals surface area contributed by atoms with E-state index in [4.69, 9.17) is 5.11 Å². The highest BCUT2D eigenvalue weighted by atomic mass is 16.4. The van der Waals surface area contributed by atoms with E-state index in [1.807, 2.05) is 4.90 Å². The topological polar surface area (TPSA) is 60.9 Å². The van der Waals surface area contributed by atoms with E-state index >= 15 is 0 Å². The summed E-state index contributed by atoms with van der Waals surface area (Å²) >= 11 is 0. The van der Waals surface area contributed by atoms with Crippen molar-refractivity contribution < 1.29 is 14.7 Å². The second-order valence-corrected chi connectivity index (χ2v) is 5.18. The lowest BCUT2D eigenvalue weighted by Crippen LogP contribution is -2.52. The van der Waals surface area contributed by atoms with Crippen LogP contribution < -0.4 is 0 Å². The molecule has 108 valence electrons. The van der Waals surface area contributed by atoms with E-state index in [2.05, 4.69) is 18.9 Å². The Morgan fingerprint density at radius 2 is 2.00 bits per heavy atom. The summed E-state index contributed by atoms with van der Waals surface area (Å²) in [5.41, 5.74) is 0.598. The third-order valence-corrected chi connectivity index (χ3v) is 3.89. The summed E-state index contributed by atoms with van der Waals surface area (Å²) < 4.78 is 0. The summed E-state index contributed by atoms with van der Waals surface area (Å²) in [6.45, 7) is 4.34. The first-order valence-electron chi connectivity index (χ1n) is 6.85. The van der Waals surface area contributed by atoms with E-state index in [9.17, 15) is 9.59 Å². The van der Waals surface area contributed by atoms with Crippen molar-refractivity contribution in [2.45, 2.75) is 19.4 Å². The molecule has 1 saturated heterocycles. The largest absolute Gasteiger partial charge is 0.478 e. The molecule has 1 fully saturated rings. The van der Waals surface area contributed by atoms with Crippen LogP contribution in [0.15, 0.2) is 24.3 Å². The number of carboxylic acid groups (broad SMARTS) is 1. The first kappa shape index (κ1) is 14.5. The highest BCUT2D eigenvalue weighted by Gasteiger charge is 2.26. The maximum atomic E-state index is 12.5. The molecule has 1 heterocycles. The number of carbonyl (C=O) groups excluding carboxylic acids is 1. The van der Waals surface area contributed by atoms with Crippen LogP contribution >= 0.6 is 0 Å². The zero-order valence-corrected chi connectivity index (χ0v) is 11.9. The van der Waals surface area contributed by atoms with Gasteiger partial charge in [-0.15, -0.1) is 0 Å². The van der Waals surface area contributed by atoms with Gasteiger partial charge in [-0.3, -0.25) is 9.69 Å². The molecule has 5 heteroatoms. The molecule has 0 saturated carbocycles. The van der Waals surface area contributed by atoms with Gasteiger partial charge in [0.25, 0.3) is 5.91 Å². The first-order valence-corrected chi connectivity index (χ1v) is 6.85. The summed E-state index contributed by atoms with van der Waals surface area (Å²) in [5.74, 6) is -1.09. The number of hydrogen-bond donors (Lipinski definition) is 1. The number of piperazine rings is 1. The van der Waals surface area contributed by atoms with Crippen molar-refractivity contribution in [3.8, 4) is 0 Å². The smallest absolute Gasteiger partial charge is 0.335 e. The minimum atomic E-state index is -1.01. The molecule has 0 aromatic heterocycles. The number of carbonyl (C=O) groups is 2. The number of likely N-dealkylation sites (N-methyl/N-ethyl adjacent to an activating group) is 1. The molecule has 0 radical (unpaired) electrons. The van der Waals surface area contributed by atoms with E-state index in [-0.39, 0.29) is 11.5 Å². The molecule has 0 bridgehead atoms. The van der Waals surface area contributed by atoms with Gasteiger partial charge in [-0.1, -0.05) is 13.0 Å². The normalized spacial score (nSPS) is 19.9. The zero-order valence-electron chi connectivity index (χ0n) is 11.9. The number of hydrogen-bond acceptors (Lipinski definition) is 3. The van der Waals surface area contributed by atoms with E-state index in [1.165, 1.54) is 12.1 Å². The van der Waals surface area contributed by atoms with Gasteiger partial charge in [0.2, 0.25) is 0 Å². The van der Waals surface area contributed by atoms with E-state index in [0.29, 0.717) is 24.7 Å². The van der Waals surface area contributed by atoms with Crippen molar-refractivity contribution in [3.05, 3.63) is 35.4 Å². The van der Waals surface area contributed by atoms with Crippen LogP contribution in [0.2, 0.25) is 0 Å². The third-order valence-electron chi connectivity index (χ3n) is 3.89. The van der Waals surface area contributed by atoms with Gasteiger partial charge in [0.1, 0.15) is 0 Å². The fourth-order valence-corrected chi connectivity index (χ4v) is 2.54. The number of amides is 1. The van der Waals surface area contributed by atoms with Crippen LogP contribution in [-0.2, 0) is 0 Å². The van der Waals surface area contributed by atoms with Crippen LogP contribution in [-0.4, -0.2) is 59.5 Å². The number of rotatable bonds is 3. The van der Waals surface area contributed by atoms with Crippen molar-refractivity contribution in [1.82, 2.24) is 9.80 Å². The summed E-state index contributed by atoms with van der Waals surface area (Å²) in [6, 6.07) is 6.61. The lowest BCUT2D eigenvalue weighted by Gasteiger charge is -2.39. The van der Waals surface area contributed by atoms with Gasteiger partial charge in [0.15, 0.2) is 0 Å². The van der Waals surface area contributed by atoms with Crippen LogP contribution in [0.5, 0.6) is 0 Å². The molecule has 1 N–H and O–H groups in total. The average Bonchev–Trinajstić information content (AvgIpc) is 2.47. The van der Waals surface area contributed by atoms with Crippen molar-refractivity contribution in [2.24, 2.45) is 0 Å². The van der Waals surface area contributed by atoms with Gasteiger partial charge in [-0.25, -0.2) is 4.79 Å². The number of nitrogens with zero attached hydrogens (tertiary/aromatic N) is 2. The lowest BCUT2D eigenvalue weighted by molar-refractivity contribution is 0.0542. The van der Waals surface area contributed by atoms with Gasteiger partial charge in [-0.05, 0) is 31.7 Å². The number of carboxylic acids is 1. The maximum absolute atomic E-state index is 12.5. The van der Waals surface area contributed by atoms with Crippen LogP contribution in [0, 0.1) is 0 Å². The van der Waals surface area contributed by atoms with Crippen LogP contribution in [0.1, 0.15) is 34.1 Å². The number of aromatic carboxylic acids is 1. The van der Waals surface area contributed by atoms with Gasteiger partial charge in [0, 0.05) is 31.2 Å². The van der Waals surface area contributed by atoms with Crippen molar-refractivity contribution >= 4 is 11.9 Å². The van der Waals surface area contributed by atoms with Gasteiger partial charge in [0.05, 0.1) is 5.56 Å². The highest BCUT2D eigenvalue weighted by Crippen LogP contribution is 2.15. The second-order valence-electron chi connectivity index (χ2n) is 5.18. The quantitative estimate of drug-likeness (QED) is 0.910. The highest BCUT2D eigenvalue weighted by molar-refractivity contribution is 5.97. The molecular formula is C15H20N2O3. The fourth-order valence-electron chi connectivity index (χ4n) is 2.54. The standard InChI is InChI=1S/C15H20N2O3/c1-3-13-10-17(8-7-16(13)2)14(18)11-5-4-6-12(9-11)15(19)20/h4-6,9,13H,3,7-8,10H2,1-2H3,(H,19,20). The molecule has 1 aromatic carbocycles. The van der Waals surface area contributed by atoms with Gasteiger partial charge >= 0.3 is 5.97 Å². The Morgan fingerprint density at radius 3 is 2.65 bits per heavy atom. The molecule has 5 nitrogen and oxygen atoms in total. The minimum Gasteiger partial charge on any atom is -0.478 e. The molecule has 1 unspecified atom stereocenters. The predicted molar refractivity (Wildman–Crippen MR) is 76.0 cm³/mol. The Kier molecular flexibility index (Phi) is 4.39. The van der Waals surface area contributed by atoms with Crippen molar-refractivity contribution in [3.63, 3.8) is 0 Å². The maximum Gasteiger partial charge on any atom is 0.335 e. The fraction of sp³-hybridized carbons (Fsp3) is 0.467. The monoisotopic (exact) mass is 276 g/mol. The van der Waals surface area contributed by atoms with E-state index in [0.717, 1.165) is 13.0 Å². The summed E-state index contributed by atoms with van der Waals surface area (Å²) in [4.78, 5) is 27.5. The molecule has 1 aromatic rings. The van der Waals surface area contributed by atoms with Crippen LogP contribution in [0.4, 0.5) is 0 Å². The lowest BCUT2D eigenvalue weighted by atomic mass is 10.1. The van der Waals surface area contributed by atoms with Gasteiger partial charge in [-0.2, -0.15) is 0 Å². The Hall–Kier alpha value is -1.88.